The van der Waals surface area contributed by atoms with Crippen molar-refractivity contribution >= 4 is 17.0 Å². The van der Waals surface area contributed by atoms with Gasteiger partial charge < -0.3 is 10.3 Å². The molecule has 1 aromatic carbocycles. The minimum Gasteiger partial charge on any atom is -0.369 e. The summed E-state index contributed by atoms with van der Waals surface area (Å²) in [6.45, 7) is 2.21. The SMILES string of the molecule is Cc1ccncc1Cn1c(N)nc2ccc(F)c(F)c21. The Bertz CT molecular complexity index is 795. The van der Waals surface area contributed by atoms with Crippen molar-refractivity contribution in [3.05, 3.63) is 53.4 Å². The van der Waals surface area contributed by atoms with Crippen LogP contribution in [0, 0.1) is 18.6 Å². The first-order valence-corrected chi connectivity index (χ1v) is 6.07. The number of rotatable bonds is 2. The lowest BCUT2D eigenvalue weighted by molar-refractivity contribution is 0.512. The molecule has 0 atom stereocenters. The molecule has 0 aliphatic carbocycles. The van der Waals surface area contributed by atoms with Crippen LogP contribution < -0.4 is 5.73 Å². The van der Waals surface area contributed by atoms with Crippen LogP contribution in [0.5, 0.6) is 0 Å². The highest BCUT2D eigenvalue weighted by molar-refractivity contribution is 5.79. The normalized spacial score (nSPS) is 11.2. The zero-order chi connectivity index (χ0) is 14.3. The Balaban J connectivity index is 2.19. The van der Waals surface area contributed by atoms with Gasteiger partial charge in [-0.15, -0.1) is 0 Å². The molecule has 0 unspecified atom stereocenters. The number of hydrogen-bond acceptors (Lipinski definition) is 3. The Kier molecular flexibility index (Phi) is 2.85. The second-order valence-corrected chi connectivity index (χ2v) is 4.59. The number of benzene rings is 1. The summed E-state index contributed by atoms with van der Waals surface area (Å²) < 4.78 is 28.8. The van der Waals surface area contributed by atoms with E-state index in [1.54, 1.807) is 12.4 Å². The van der Waals surface area contributed by atoms with Crippen molar-refractivity contribution in [2.45, 2.75) is 13.5 Å². The van der Waals surface area contributed by atoms with Crippen LogP contribution >= 0.6 is 0 Å². The van der Waals surface area contributed by atoms with Crippen molar-refractivity contribution < 1.29 is 8.78 Å². The standard InChI is InChI=1S/C14H12F2N4/c1-8-4-5-18-6-9(8)7-20-13-11(19-14(20)17)3-2-10(15)12(13)16/h2-6H,7H2,1H3,(H2,17,19). The first-order valence-electron chi connectivity index (χ1n) is 6.07. The lowest BCUT2D eigenvalue weighted by Crippen LogP contribution is -2.07. The number of anilines is 1. The summed E-state index contributed by atoms with van der Waals surface area (Å²) in [4.78, 5) is 8.09. The molecule has 2 N–H and O–H groups in total. The average molecular weight is 274 g/mol. The molecular formula is C14H12F2N4. The molecule has 0 bridgehead atoms. The van der Waals surface area contributed by atoms with Gasteiger partial charge in [-0.1, -0.05) is 0 Å². The van der Waals surface area contributed by atoms with Gasteiger partial charge in [-0.3, -0.25) is 4.98 Å². The van der Waals surface area contributed by atoms with Gasteiger partial charge in [0.1, 0.15) is 5.52 Å². The Morgan fingerprint density at radius 3 is 2.80 bits per heavy atom. The third-order valence-electron chi connectivity index (χ3n) is 3.31. The third kappa shape index (κ3) is 1.89. The Morgan fingerprint density at radius 2 is 2.05 bits per heavy atom. The van der Waals surface area contributed by atoms with E-state index in [4.69, 9.17) is 5.73 Å². The summed E-state index contributed by atoms with van der Waals surface area (Å²) in [5.74, 6) is -1.71. The second-order valence-electron chi connectivity index (χ2n) is 4.59. The number of aromatic nitrogens is 3. The zero-order valence-corrected chi connectivity index (χ0v) is 10.8. The average Bonchev–Trinajstić information content (AvgIpc) is 2.74. The predicted octanol–water partition coefficient (Wildman–Crippen LogP) is 2.65. The molecule has 20 heavy (non-hydrogen) atoms. The molecule has 2 aromatic heterocycles. The number of halogens is 2. The van der Waals surface area contributed by atoms with Crippen LogP contribution in [0.1, 0.15) is 11.1 Å². The van der Waals surface area contributed by atoms with E-state index in [2.05, 4.69) is 9.97 Å². The number of fused-ring (bicyclic) bond motifs is 1. The van der Waals surface area contributed by atoms with Gasteiger partial charge in [0.2, 0.25) is 5.95 Å². The number of nitrogens with zero attached hydrogens (tertiary/aromatic N) is 3. The van der Waals surface area contributed by atoms with Crippen molar-refractivity contribution in [2.24, 2.45) is 0 Å². The van der Waals surface area contributed by atoms with Gasteiger partial charge in [0.25, 0.3) is 0 Å². The number of pyridine rings is 1. The number of nitrogen functional groups attached to an aromatic ring is 1. The highest BCUT2D eigenvalue weighted by Crippen LogP contribution is 2.24. The smallest absolute Gasteiger partial charge is 0.201 e. The highest BCUT2D eigenvalue weighted by atomic mass is 19.2. The van der Waals surface area contributed by atoms with E-state index in [1.165, 1.54) is 10.6 Å². The van der Waals surface area contributed by atoms with E-state index in [9.17, 15) is 8.78 Å². The first kappa shape index (κ1) is 12.5. The topological polar surface area (TPSA) is 56.7 Å². The molecule has 6 heteroatoms. The van der Waals surface area contributed by atoms with Crippen LogP contribution in [0.15, 0.2) is 30.6 Å². The number of nitrogens with two attached hydrogens (primary N) is 1. The molecule has 0 spiro atoms. The Labute approximate surface area is 113 Å². The van der Waals surface area contributed by atoms with E-state index < -0.39 is 11.6 Å². The summed E-state index contributed by atoms with van der Waals surface area (Å²) >= 11 is 0. The summed E-state index contributed by atoms with van der Waals surface area (Å²) in [6.07, 6.45) is 3.35. The summed E-state index contributed by atoms with van der Waals surface area (Å²) in [5, 5.41) is 0. The minimum atomic E-state index is -0.937. The molecule has 0 amide bonds. The lowest BCUT2D eigenvalue weighted by Gasteiger charge is -2.09. The van der Waals surface area contributed by atoms with Crippen LogP contribution in [-0.4, -0.2) is 14.5 Å². The third-order valence-corrected chi connectivity index (χ3v) is 3.31. The van der Waals surface area contributed by atoms with E-state index in [0.717, 1.165) is 17.2 Å². The van der Waals surface area contributed by atoms with Crippen LogP contribution in [0.2, 0.25) is 0 Å². The van der Waals surface area contributed by atoms with Gasteiger partial charge in [0.15, 0.2) is 11.6 Å². The summed E-state index contributed by atoms with van der Waals surface area (Å²) in [5.41, 5.74) is 8.10. The monoisotopic (exact) mass is 274 g/mol. The van der Waals surface area contributed by atoms with Crippen molar-refractivity contribution in [1.82, 2.24) is 14.5 Å². The molecule has 3 aromatic rings. The molecule has 0 aliphatic rings. The van der Waals surface area contributed by atoms with Crippen LogP contribution in [-0.2, 0) is 6.54 Å². The van der Waals surface area contributed by atoms with Gasteiger partial charge in [-0.2, -0.15) is 0 Å². The van der Waals surface area contributed by atoms with E-state index in [1.807, 2.05) is 13.0 Å². The molecule has 102 valence electrons. The van der Waals surface area contributed by atoms with Crippen molar-refractivity contribution in [1.29, 1.82) is 0 Å². The number of hydrogen-bond donors (Lipinski definition) is 1. The minimum absolute atomic E-state index is 0.0748. The fraction of sp³-hybridized carbons (Fsp3) is 0.143. The quantitative estimate of drug-likeness (QED) is 0.781. The molecule has 0 aliphatic heterocycles. The van der Waals surface area contributed by atoms with Crippen molar-refractivity contribution in [2.75, 3.05) is 5.73 Å². The van der Waals surface area contributed by atoms with Gasteiger partial charge in [-0.25, -0.2) is 13.8 Å². The Hall–Kier alpha value is -2.50. The molecule has 0 radical (unpaired) electrons. The Morgan fingerprint density at radius 1 is 1.25 bits per heavy atom. The maximum absolute atomic E-state index is 14.0. The van der Waals surface area contributed by atoms with Crippen LogP contribution in [0.3, 0.4) is 0 Å². The van der Waals surface area contributed by atoms with Crippen LogP contribution in [0.4, 0.5) is 14.7 Å². The molecular weight excluding hydrogens is 262 g/mol. The van der Waals surface area contributed by atoms with Gasteiger partial charge >= 0.3 is 0 Å². The maximum atomic E-state index is 14.0. The van der Waals surface area contributed by atoms with Crippen LogP contribution in [0.25, 0.3) is 11.0 Å². The summed E-state index contributed by atoms with van der Waals surface area (Å²) in [7, 11) is 0. The molecule has 2 heterocycles. The summed E-state index contributed by atoms with van der Waals surface area (Å²) in [6, 6.07) is 4.31. The van der Waals surface area contributed by atoms with Gasteiger partial charge in [0, 0.05) is 12.4 Å². The largest absolute Gasteiger partial charge is 0.369 e. The molecule has 0 saturated carbocycles. The van der Waals surface area contributed by atoms with E-state index in [0.29, 0.717) is 12.1 Å². The lowest BCUT2D eigenvalue weighted by atomic mass is 10.1. The van der Waals surface area contributed by atoms with E-state index in [-0.39, 0.29) is 11.5 Å². The molecule has 0 saturated heterocycles. The maximum Gasteiger partial charge on any atom is 0.201 e. The van der Waals surface area contributed by atoms with Crippen molar-refractivity contribution in [3.8, 4) is 0 Å². The number of imidazole rings is 1. The number of aryl methyl sites for hydroxylation is 1. The van der Waals surface area contributed by atoms with E-state index >= 15 is 0 Å². The second kappa shape index (κ2) is 4.56. The fourth-order valence-electron chi connectivity index (χ4n) is 2.17. The highest BCUT2D eigenvalue weighted by Gasteiger charge is 2.16. The molecule has 3 rings (SSSR count). The first-order chi connectivity index (χ1) is 9.58. The predicted molar refractivity (Wildman–Crippen MR) is 72.1 cm³/mol. The molecule has 4 nitrogen and oxygen atoms in total. The molecule has 0 fully saturated rings. The van der Waals surface area contributed by atoms with Gasteiger partial charge in [0.05, 0.1) is 12.1 Å². The van der Waals surface area contributed by atoms with Crippen molar-refractivity contribution in [3.63, 3.8) is 0 Å². The zero-order valence-electron chi connectivity index (χ0n) is 10.8. The fourth-order valence-corrected chi connectivity index (χ4v) is 2.17. The van der Waals surface area contributed by atoms with Gasteiger partial charge in [-0.05, 0) is 36.2 Å².